The van der Waals surface area contributed by atoms with E-state index in [-0.39, 0.29) is 12.1 Å². The summed E-state index contributed by atoms with van der Waals surface area (Å²) in [6, 6.07) is 6.04. The third-order valence-corrected chi connectivity index (χ3v) is 2.49. The van der Waals surface area contributed by atoms with Crippen molar-refractivity contribution in [3.63, 3.8) is 0 Å². The SMILES string of the molecule is CC(C)NCCNCc1ccccc1C(F)(F)F. The Balaban J connectivity index is 2.47. The van der Waals surface area contributed by atoms with E-state index in [0.717, 1.165) is 12.6 Å². The Hall–Kier alpha value is -1.07. The smallest absolute Gasteiger partial charge is 0.313 e. The van der Waals surface area contributed by atoms with Crippen LogP contribution in [0.3, 0.4) is 0 Å². The molecule has 5 heteroatoms. The average Bonchev–Trinajstić information content (AvgIpc) is 2.27. The lowest BCUT2D eigenvalue weighted by molar-refractivity contribution is -0.138. The Morgan fingerprint density at radius 3 is 2.39 bits per heavy atom. The maximum Gasteiger partial charge on any atom is 0.416 e. The van der Waals surface area contributed by atoms with E-state index in [2.05, 4.69) is 10.6 Å². The van der Waals surface area contributed by atoms with Crippen molar-refractivity contribution < 1.29 is 13.2 Å². The molecule has 0 radical (unpaired) electrons. The Morgan fingerprint density at radius 1 is 1.11 bits per heavy atom. The molecular formula is C13H19F3N2. The predicted octanol–water partition coefficient (Wildman–Crippen LogP) is 2.79. The molecular weight excluding hydrogens is 241 g/mol. The molecule has 0 saturated carbocycles. The second-order valence-corrected chi connectivity index (χ2v) is 4.44. The van der Waals surface area contributed by atoms with Crippen LogP contribution in [0, 0.1) is 0 Å². The highest BCUT2D eigenvalue weighted by atomic mass is 19.4. The highest BCUT2D eigenvalue weighted by molar-refractivity contribution is 5.29. The van der Waals surface area contributed by atoms with E-state index in [4.69, 9.17) is 0 Å². The van der Waals surface area contributed by atoms with Crippen molar-refractivity contribution in [3.05, 3.63) is 35.4 Å². The first-order valence-corrected chi connectivity index (χ1v) is 6.00. The van der Waals surface area contributed by atoms with Gasteiger partial charge in [-0.25, -0.2) is 0 Å². The van der Waals surface area contributed by atoms with Crippen LogP contribution in [0.5, 0.6) is 0 Å². The van der Waals surface area contributed by atoms with E-state index in [1.807, 2.05) is 13.8 Å². The number of alkyl halides is 3. The zero-order valence-corrected chi connectivity index (χ0v) is 10.6. The lowest BCUT2D eigenvalue weighted by Crippen LogP contribution is -2.31. The Labute approximate surface area is 106 Å². The van der Waals surface area contributed by atoms with E-state index in [0.29, 0.717) is 12.6 Å². The summed E-state index contributed by atoms with van der Waals surface area (Å²) in [4.78, 5) is 0. The summed E-state index contributed by atoms with van der Waals surface area (Å²) in [5.41, 5.74) is -0.274. The second kappa shape index (κ2) is 6.75. The van der Waals surface area contributed by atoms with Gasteiger partial charge in [-0.15, -0.1) is 0 Å². The Kier molecular flexibility index (Phi) is 5.62. The minimum absolute atomic E-state index is 0.232. The van der Waals surface area contributed by atoms with E-state index in [1.165, 1.54) is 12.1 Å². The van der Waals surface area contributed by atoms with Gasteiger partial charge in [0.15, 0.2) is 0 Å². The summed E-state index contributed by atoms with van der Waals surface area (Å²) in [5.74, 6) is 0. The molecule has 102 valence electrons. The first kappa shape index (κ1) is 15.0. The summed E-state index contributed by atoms with van der Waals surface area (Å²) in [6.07, 6.45) is -4.28. The fraction of sp³-hybridized carbons (Fsp3) is 0.538. The number of halogens is 3. The lowest BCUT2D eigenvalue weighted by Gasteiger charge is -2.13. The number of rotatable bonds is 6. The second-order valence-electron chi connectivity index (χ2n) is 4.44. The summed E-state index contributed by atoms with van der Waals surface area (Å²) < 4.78 is 38.1. The minimum atomic E-state index is -4.28. The predicted molar refractivity (Wildman–Crippen MR) is 66.3 cm³/mol. The lowest BCUT2D eigenvalue weighted by atomic mass is 10.1. The molecule has 0 amide bonds. The van der Waals surface area contributed by atoms with Gasteiger partial charge in [0.2, 0.25) is 0 Å². The molecule has 0 heterocycles. The maximum atomic E-state index is 12.7. The topological polar surface area (TPSA) is 24.1 Å². The molecule has 1 aromatic rings. The molecule has 1 rings (SSSR count). The molecule has 0 atom stereocenters. The molecule has 18 heavy (non-hydrogen) atoms. The van der Waals surface area contributed by atoms with Crippen molar-refractivity contribution >= 4 is 0 Å². The van der Waals surface area contributed by atoms with Crippen molar-refractivity contribution in [2.75, 3.05) is 13.1 Å². The van der Waals surface area contributed by atoms with E-state index in [1.54, 1.807) is 6.07 Å². The molecule has 0 fully saturated rings. The van der Waals surface area contributed by atoms with Gasteiger partial charge in [-0.05, 0) is 11.6 Å². The van der Waals surface area contributed by atoms with Crippen LogP contribution in [-0.4, -0.2) is 19.1 Å². The number of hydrogen-bond donors (Lipinski definition) is 2. The fourth-order valence-electron chi connectivity index (χ4n) is 1.62. The van der Waals surface area contributed by atoms with Crippen LogP contribution >= 0.6 is 0 Å². The highest BCUT2D eigenvalue weighted by Crippen LogP contribution is 2.31. The molecule has 0 spiro atoms. The first-order valence-electron chi connectivity index (χ1n) is 6.00. The third kappa shape index (κ3) is 5.06. The largest absolute Gasteiger partial charge is 0.416 e. The van der Waals surface area contributed by atoms with E-state index >= 15 is 0 Å². The number of benzene rings is 1. The molecule has 0 bridgehead atoms. The average molecular weight is 260 g/mol. The maximum absolute atomic E-state index is 12.7. The quantitative estimate of drug-likeness (QED) is 0.769. The van der Waals surface area contributed by atoms with Crippen molar-refractivity contribution in [2.45, 2.75) is 32.6 Å². The van der Waals surface area contributed by atoms with Gasteiger partial charge >= 0.3 is 6.18 Å². The molecule has 0 aliphatic heterocycles. The van der Waals surface area contributed by atoms with Crippen LogP contribution in [0.15, 0.2) is 24.3 Å². The van der Waals surface area contributed by atoms with Gasteiger partial charge in [0.1, 0.15) is 0 Å². The van der Waals surface area contributed by atoms with Crippen LogP contribution in [0.4, 0.5) is 13.2 Å². The molecule has 2 N–H and O–H groups in total. The van der Waals surface area contributed by atoms with Crippen molar-refractivity contribution in [2.24, 2.45) is 0 Å². The standard InChI is InChI=1S/C13H19F3N2/c1-10(2)18-8-7-17-9-11-5-3-4-6-12(11)13(14,15)16/h3-6,10,17-18H,7-9H2,1-2H3. The van der Waals surface area contributed by atoms with Gasteiger partial charge in [-0.2, -0.15) is 13.2 Å². The molecule has 0 aliphatic rings. The summed E-state index contributed by atoms with van der Waals surface area (Å²) in [6.45, 7) is 5.67. The van der Waals surface area contributed by atoms with Crippen molar-refractivity contribution in [1.82, 2.24) is 10.6 Å². The third-order valence-electron chi connectivity index (χ3n) is 2.49. The van der Waals surface area contributed by atoms with Gasteiger partial charge < -0.3 is 10.6 Å². The van der Waals surface area contributed by atoms with Crippen LogP contribution in [-0.2, 0) is 12.7 Å². The summed E-state index contributed by atoms with van der Waals surface area (Å²) >= 11 is 0. The monoisotopic (exact) mass is 260 g/mol. The Morgan fingerprint density at radius 2 is 1.78 bits per heavy atom. The molecule has 2 nitrogen and oxygen atoms in total. The van der Waals surface area contributed by atoms with Crippen LogP contribution in [0.1, 0.15) is 25.0 Å². The van der Waals surface area contributed by atoms with Gasteiger partial charge in [-0.1, -0.05) is 32.0 Å². The van der Waals surface area contributed by atoms with Crippen LogP contribution in [0.25, 0.3) is 0 Å². The molecule has 0 aliphatic carbocycles. The first-order chi connectivity index (χ1) is 8.41. The summed E-state index contributed by atoms with van der Waals surface area (Å²) in [5, 5.41) is 6.20. The molecule has 0 aromatic heterocycles. The van der Waals surface area contributed by atoms with Gasteiger partial charge in [0.25, 0.3) is 0 Å². The molecule has 0 saturated heterocycles. The fourth-order valence-corrected chi connectivity index (χ4v) is 1.62. The van der Waals surface area contributed by atoms with Gasteiger partial charge in [-0.3, -0.25) is 0 Å². The zero-order valence-electron chi connectivity index (χ0n) is 10.6. The summed E-state index contributed by atoms with van der Waals surface area (Å²) in [7, 11) is 0. The van der Waals surface area contributed by atoms with Gasteiger partial charge in [0, 0.05) is 25.7 Å². The Bertz CT molecular complexity index is 361. The van der Waals surface area contributed by atoms with E-state index < -0.39 is 11.7 Å². The van der Waals surface area contributed by atoms with E-state index in [9.17, 15) is 13.2 Å². The van der Waals surface area contributed by atoms with Gasteiger partial charge in [0.05, 0.1) is 5.56 Å². The minimum Gasteiger partial charge on any atom is -0.313 e. The highest BCUT2D eigenvalue weighted by Gasteiger charge is 2.32. The zero-order chi connectivity index (χ0) is 13.6. The number of nitrogens with one attached hydrogen (secondary N) is 2. The number of hydrogen-bond acceptors (Lipinski definition) is 2. The van der Waals surface area contributed by atoms with Crippen LogP contribution < -0.4 is 10.6 Å². The normalized spacial score (nSPS) is 12.1. The van der Waals surface area contributed by atoms with Crippen molar-refractivity contribution in [3.8, 4) is 0 Å². The molecule has 0 unspecified atom stereocenters. The molecule has 1 aromatic carbocycles. The van der Waals surface area contributed by atoms with Crippen LogP contribution in [0.2, 0.25) is 0 Å². The van der Waals surface area contributed by atoms with Crippen molar-refractivity contribution in [1.29, 1.82) is 0 Å².